The molecule has 4 rings (SSSR count). The van der Waals surface area contributed by atoms with Crippen LogP contribution in [-0.2, 0) is 14.4 Å². The van der Waals surface area contributed by atoms with E-state index in [9.17, 15) is 14.4 Å². The highest BCUT2D eigenvalue weighted by molar-refractivity contribution is 9.12. The van der Waals surface area contributed by atoms with Crippen LogP contribution in [-0.4, -0.2) is 44.0 Å². The fraction of sp³-hybridized carbons (Fsp3) is 0.600. The van der Waals surface area contributed by atoms with Crippen molar-refractivity contribution in [3.63, 3.8) is 0 Å². The van der Waals surface area contributed by atoms with Gasteiger partial charge in [-0.25, -0.2) is 0 Å². The minimum absolute atomic E-state index is 0.145. The number of likely N-dealkylation sites (tertiary alicyclic amines) is 1. The zero-order valence-corrected chi connectivity index (χ0v) is 15.9. The Balaban J connectivity index is 1.48. The maximum atomic E-state index is 12.7. The van der Waals surface area contributed by atoms with Gasteiger partial charge in [0.1, 0.15) is 12.3 Å². The maximum Gasteiger partial charge on any atom is 0.245 e. The van der Waals surface area contributed by atoms with Crippen LogP contribution in [0.5, 0.6) is 0 Å². The van der Waals surface area contributed by atoms with E-state index in [4.69, 9.17) is 4.52 Å². The number of anilines is 1. The minimum atomic E-state index is -0.455. The van der Waals surface area contributed by atoms with Crippen molar-refractivity contribution in [3.05, 3.63) is 11.8 Å². The standard InChI is InChI=1S/C15H15Br2N3O4/c1-5-2-8(19-24-5)18-9(21)4-20-14(22)10-6-3-7(11(10)15(20)23)13(17)12(6)16/h2,6-7,10-13H,3-4H2,1H3,(H,18,19,21)/t6-,7-,10-,11+,12-,13-/m1/s1. The predicted octanol–water partition coefficient (Wildman–Crippen LogP) is 1.70. The number of alkyl halides is 2. The van der Waals surface area contributed by atoms with Crippen LogP contribution < -0.4 is 5.32 Å². The molecule has 0 unspecified atom stereocenters. The molecular weight excluding hydrogens is 446 g/mol. The summed E-state index contributed by atoms with van der Waals surface area (Å²) in [5, 5.41) is 6.22. The Kier molecular flexibility index (Phi) is 3.83. The van der Waals surface area contributed by atoms with E-state index in [1.165, 1.54) is 0 Å². The lowest BCUT2D eigenvalue weighted by Crippen LogP contribution is -2.39. The Labute approximate surface area is 154 Å². The van der Waals surface area contributed by atoms with Gasteiger partial charge in [-0.3, -0.25) is 19.3 Å². The van der Waals surface area contributed by atoms with E-state index >= 15 is 0 Å². The van der Waals surface area contributed by atoms with Crippen molar-refractivity contribution in [2.45, 2.75) is 23.0 Å². The van der Waals surface area contributed by atoms with Gasteiger partial charge >= 0.3 is 0 Å². The van der Waals surface area contributed by atoms with Crippen LogP contribution >= 0.6 is 31.9 Å². The average molecular weight is 461 g/mol. The first kappa shape index (κ1) is 16.3. The molecule has 128 valence electrons. The third kappa shape index (κ3) is 2.28. The van der Waals surface area contributed by atoms with Crippen LogP contribution in [0.1, 0.15) is 12.2 Å². The monoisotopic (exact) mass is 459 g/mol. The summed E-state index contributed by atoms with van der Waals surface area (Å²) < 4.78 is 4.88. The largest absolute Gasteiger partial charge is 0.360 e. The third-order valence-corrected chi connectivity index (χ3v) is 8.48. The highest BCUT2D eigenvalue weighted by atomic mass is 79.9. The van der Waals surface area contributed by atoms with Gasteiger partial charge in [0.15, 0.2) is 5.82 Å². The number of amides is 3. The van der Waals surface area contributed by atoms with E-state index in [0.29, 0.717) is 5.76 Å². The van der Waals surface area contributed by atoms with E-state index in [1.807, 2.05) is 0 Å². The van der Waals surface area contributed by atoms with Crippen LogP contribution in [0.3, 0.4) is 0 Å². The molecule has 7 nitrogen and oxygen atoms in total. The Morgan fingerprint density at radius 1 is 1.29 bits per heavy atom. The van der Waals surface area contributed by atoms with Gasteiger partial charge in [-0.05, 0) is 25.2 Å². The molecule has 9 heteroatoms. The Morgan fingerprint density at radius 2 is 1.88 bits per heavy atom. The van der Waals surface area contributed by atoms with Crippen LogP contribution in [0.15, 0.2) is 10.6 Å². The molecule has 6 atom stereocenters. The van der Waals surface area contributed by atoms with Gasteiger partial charge < -0.3 is 9.84 Å². The molecule has 1 N–H and O–H groups in total. The highest BCUT2D eigenvalue weighted by Crippen LogP contribution is 2.60. The van der Waals surface area contributed by atoms with Gasteiger partial charge in [0.25, 0.3) is 0 Å². The molecule has 2 bridgehead atoms. The normalized spacial score (nSPS) is 37.2. The van der Waals surface area contributed by atoms with Crippen molar-refractivity contribution in [2.75, 3.05) is 11.9 Å². The number of hydrogen-bond donors (Lipinski definition) is 1. The van der Waals surface area contributed by atoms with Crippen molar-refractivity contribution in [1.29, 1.82) is 0 Å². The topological polar surface area (TPSA) is 92.5 Å². The Bertz CT molecular complexity index is 704. The molecule has 1 saturated heterocycles. The molecule has 1 aliphatic heterocycles. The predicted molar refractivity (Wildman–Crippen MR) is 90.6 cm³/mol. The molecular formula is C15H15Br2N3O4. The summed E-state index contributed by atoms with van der Waals surface area (Å²) in [5.74, 6) is -0.386. The number of hydrogen-bond acceptors (Lipinski definition) is 5. The number of rotatable bonds is 3. The first-order chi connectivity index (χ1) is 11.4. The van der Waals surface area contributed by atoms with E-state index in [2.05, 4.69) is 42.3 Å². The second-order valence-corrected chi connectivity index (χ2v) is 8.75. The molecule has 1 aromatic heterocycles. The lowest BCUT2D eigenvalue weighted by molar-refractivity contribution is -0.143. The number of nitrogens with zero attached hydrogens (tertiary/aromatic N) is 2. The minimum Gasteiger partial charge on any atom is -0.360 e. The number of carbonyl (C=O) groups is 3. The first-order valence-corrected chi connectivity index (χ1v) is 9.58. The highest BCUT2D eigenvalue weighted by Gasteiger charge is 2.66. The zero-order valence-electron chi connectivity index (χ0n) is 12.7. The SMILES string of the molecule is Cc1cc(NC(=O)CN2C(=O)[C@@H]3[C@H]4C[C@@H]([C@@H](Br)[C@@H]4Br)[C@@H]3C2=O)no1. The number of imide groups is 1. The molecule has 2 aliphatic carbocycles. The molecule has 3 aliphatic rings. The smallest absolute Gasteiger partial charge is 0.245 e. The van der Waals surface area contributed by atoms with Crippen LogP contribution in [0.25, 0.3) is 0 Å². The van der Waals surface area contributed by atoms with Crippen molar-refractivity contribution >= 4 is 55.4 Å². The van der Waals surface area contributed by atoms with Crippen molar-refractivity contribution in [1.82, 2.24) is 10.1 Å². The van der Waals surface area contributed by atoms with Crippen molar-refractivity contribution in [3.8, 4) is 0 Å². The molecule has 0 spiro atoms. The van der Waals surface area contributed by atoms with E-state index < -0.39 is 5.91 Å². The van der Waals surface area contributed by atoms with Gasteiger partial charge in [0, 0.05) is 15.7 Å². The Hall–Kier alpha value is -1.22. The first-order valence-electron chi connectivity index (χ1n) is 7.75. The number of carbonyl (C=O) groups excluding carboxylic acids is 3. The van der Waals surface area contributed by atoms with Crippen molar-refractivity contribution in [2.24, 2.45) is 23.7 Å². The molecule has 24 heavy (non-hydrogen) atoms. The van der Waals surface area contributed by atoms with Gasteiger partial charge in [0.2, 0.25) is 17.7 Å². The van der Waals surface area contributed by atoms with E-state index in [0.717, 1.165) is 11.3 Å². The summed E-state index contributed by atoms with van der Waals surface area (Å²) >= 11 is 7.27. The fourth-order valence-corrected chi connectivity index (χ4v) is 6.19. The summed E-state index contributed by atoms with van der Waals surface area (Å²) in [6.07, 6.45) is 0.872. The summed E-state index contributed by atoms with van der Waals surface area (Å²) in [6.45, 7) is 1.43. The van der Waals surface area contributed by atoms with E-state index in [-0.39, 0.29) is 57.5 Å². The second-order valence-electron chi connectivity index (χ2n) is 6.64. The molecule has 0 aromatic carbocycles. The quantitative estimate of drug-likeness (QED) is 0.547. The van der Waals surface area contributed by atoms with Crippen molar-refractivity contribution < 1.29 is 18.9 Å². The summed E-state index contributed by atoms with van der Waals surface area (Å²) in [4.78, 5) is 39.0. The summed E-state index contributed by atoms with van der Waals surface area (Å²) in [6, 6.07) is 1.57. The Morgan fingerprint density at radius 3 is 2.38 bits per heavy atom. The number of fused-ring (bicyclic) bond motifs is 5. The van der Waals surface area contributed by atoms with Gasteiger partial charge in [0.05, 0.1) is 11.8 Å². The molecule has 2 heterocycles. The number of nitrogens with one attached hydrogen (secondary N) is 1. The fourth-order valence-electron chi connectivity index (χ4n) is 4.32. The average Bonchev–Trinajstić information content (AvgIpc) is 3.23. The molecule has 3 amide bonds. The van der Waals surface area contributed by atoms with Crippen LogP contribution in [0.2, 0.25) is 0 Å². The molecule has 0 radical (unpaired) electrons. The maximum absolute atomic E-state index is 12.7. The van der Waals surface area contributed by atoms with Gasteiger partial charge in [-0.2, -0.15) is 0 Å². The second kappa shape index (κ2) is 5.66. The third-order valence-electron chi connectivity index (χ3n) is 5.28. The van der Waals surface area contributed by atoms with Crippen LogP contribution in [0.4, 0.5) is 5.82 Å². The molecule has 1 aromatic rings. The lowest BCUT2D eigenvalue weighted by atomic mass is 9.81. The number of aromatic nitrogens is 1. The summed E-state index contributed by atoms with van der Waals surface area (Å²) in [7, 11) is 0. The number of aryl methyl sites for hydroxylation is 1. The zero-order chi connectivity index (χ0) is 17.2. The lowest BCUT2D eigenvalue weighted by Gasteiger charge is -2.28. The van der Waals surface area contributed by atoms with E-state index in [1.54, 1.807) is 13.0 Å². The van der Waals surface area contributed by atoms with Crippen LogP contribution in [0, 0.1) is 30.6 Å². The van der Waals surface area contributed by atoms with Gasteiger partial charge in [-0.1, -0.05) is 37.0 Å². The summed E-state index contributed by atoms with van der Waals surface area (Å²) in [5.41, 5.74) is 0. The number of halogens is 2. The van der Waals surface area contributed by atoms with Gasteiger partial charge in [-0.15, -0.1) is 0 Å². The molecule has 2 saturated carbocycles. The molecule has 3 fully saturated rings.